The van der Waals surface area contributed by atoms with Crippen LogP contribution in [-0.2, 0) is 0 Å². The molecule has 2 fully saturated rings. The van der Waals surface area contributed by atoms with Crippen molar-refractivity contribution in [3.63, 3.8) is 0 Å². The van der Waals surface area contributed by atoms with Crippen molar-refractivity contribution in [2.75, 3.05) is 13.2 Å². The Bertz CT molecular complexity index is 208. The lowest BCUT2D eigenvalue weighted by atomic mass is 9.97. The smallest absolute Gasteiger partial charge is 0.0597 e. The molecule has 16 heavy (non-hydrogen) atoms. The summed E-state index contributed by atoms with van der Waals surface area (Å²) in [6.07, 6.45) is 6.57. The fourth-order valence-corrected chi connectivity index (χ4v) is 2.84. The number of nitrogens with one attached hydrogen (secondary N) is 1. The highest BCUT2D eigenvalue weighted by atomic mass is 16.3. The van der Waals surface area contributed by atoms with Crippen LogP contribution in [0.2, 0.25) is 0 Å². The quantitative estimate of drug-likeness (QED) is 0.743. The lowest BCUT2D eigenvalue weighted by Gasteiger charge is -2.40. The van der Waals surface area contributed by atoms with Gasteiger partial charge in [-0.15, -0.1) is 0 Å². The molecule has 0 radical (unpaired) electrons. The minimum absolute atomic E-state index is 0.270. The lowest BCUT2D eigenvalue weighted by molar-refractivity contribution is 0.0779. The van der Waals surface area contributed by atoms with Crippen molar-refractivity contribution in [3.8, 4) is 0 Å². The van der Waals surface area contributed by atoms with Crippen LogP contribution in [0.4, 0.5) is 0 Å². The van der Waals surface area contributed by atoms with E-state index in [9.17, 15) is 5.11 Å². The lowest BCUT2D eigenvalue weighted by Crippen LogP contribution is -2.52. The Kier molecular flexibility index (Phi) is 4.22. The zero-order valence-corrected chi connectivity index (χ0v) is 10.7. The van der Waals surface area contributed by atoms with E-state index in [0.29, 0.717) is 18.1 Å². The number of rotatable bonds is 5. The maximum Gasteiger partial charge on any atom is 0.0597 e. The van der Waals surface area contributed by atoms with Crippen LogP contribution in [0.15, 0.2) is 0 Å². The highest BCUT2D eigenvalue weighted by Gasteiger charge is 2.29. The molecule has 0 aromatic heterocycles. The minimum atomic E-state index is 0.270. The van der Waals surface area contributed by atoms with E-state index in [2.05, 4.69) is 24.1 Å². The summed E-state index contributed by atoms with van der Waals surface area (Å²) in [7, 11) is 0. The second-order valence-corrected chi connectivity index (χ2v) is 5.65. The summed E-state index contributed by atoms with van der Waals surface area (Å²) in [4.78, 5) is 2.57. The van der Waals surface area contributed by atoms with E-state index in [1.54, 1.807) is 0 Å². The van der Waals surface area contributed by atoms with Crippen LogP contribution in [0.5, 0.6) is 0 Å². The third-order valence-electron chi connectivity index (χ3n) is 4.08. The van der Waals surface area contributed by atoms with Gasteiger partial charge in [0.1, 0.15) is 0 Å². The largest absolute Gasteiger partial charge is 0.395 e. The van der Waals surface area contributed by atoms with Crippen LogP contribution in [0.3, 0.4) is 0 Å². The first kappa shape index (κ1) is 12.3. The minimum Gasteiger partial charge on any atom is -0.395 e. The van der Waals surface area contributed by atoms with Gasteiger partial charge in [0.15, 0.2) is 0 Å². The first-order valence-corrected chi connectivity index (χ1v) is 6.83. The fourth-order valence-electron chi connectivity index (χ4n) is 2.84. The molecule has 0 aromatic carbocycles. The number of aliphatic hydroxyl groups is 1. The summed E-state index contributed by atoms with van der Waals surface area (Å²) in [6.45, 7) is 5.92. The number of likely N-dealkylation sites (tertiary alicyclic amines) is 1. The molecule has 1 heterocycles. The molecule has 0 spiro atoms. The molecule has 2 rings (SSSR count). The van der Waals surface area contributed by atoms with Crippen LogP contribution in [0.25, 0.3) is 0 Å². The van der Waals surface area contributed by atoms with Crippen LogP contribution in [0, 0.1) is 0 Å². The summed E-state index contributed by atoms with van der Waals surface area (Å²) in [5.74, 6) is 0. The first-order valence-electron chi connectivity index (χ1n) is 6.83. The van der Waals surface area contributed by atoms with E-state index in [1.165, 1.54) is 32.1 Å². The van der Waals surface area contributed by atoms with Gasteiger partial charge >= 0.3 is 0 Å². The number of aliphatic hydroxyl groups excluding tert-OH is 1. The zero-order chi connectivity index (χ0) is 11.5. The van der Waals surface area contributed by atoms with Crippen LogP contribution in [0.1, 0.15) is 46.0 Å². The number of nitrogens with zero attached hydrogens (tertiary/aromatic N) is 1. The highest BCUT2D eigenvalue weighted by Crippen LogP contribution is 2.24. The topological polar surface area (TPSA) is 35.5 Å². The van der Waals surface area contributed by atoms with E-state index in [4.69, 9.17) is 0 Å². The van der Waals surface area contributed by atoms with Crippen LogP contribution in [-0.4, -0.2) is 47.3 Å². The molecule has 0 bridgehead atoms. The third kappa shape index (κ3) is 3.19. The molecule has 0 aromatic rings. The highest BCUT2D eigenvalue weighted by molar-refractivity contribution is 4.88. The molecule has 3 atom stereocenters. The number of hydrogen-bond acceptors (Lipinski definition) is 3. The predicted octanol–water partition coefficient (Wildman–Crippen LogP) is 1.36. The van der Waals surface area contributed by atoms with Crippen molar-refractivity contribution in [2.24, 2.45) is 0 Å². The van der Waals surface area contributed by atoms with Gasteiger partial charge in [0, 0.05) is 30.7 Å². The summed E-state index contributed by atoms with van der Waals surface area (Å²) in [5.41, 5.74) is 0. The van der Waals surface area contributed by atoms with Crippen molar-refractivity contribution in [1.82, 2.24) is 10.2 Å². The van der Waals surface area contributed by atoms with Crippen LogP contribution >= 0.6 is 0 Å². The molecule has 1 saturated carbocycles. The second kappa shape index (κ2) is 5.48. The van der Waals surface area contributed by atoms with Gasteiger partial charge in [-0.05, 0) is 39.5 Å². The summed E-state index contributed by atoms with van der Waals surface area (Å²) in [6, 6.07) is 2.32. The Morgan fingerprint density at radius 3 is 2.31 bits per heavy atom. The maximum absolute atomic E-state index is 9.42. The Morgan fingerprint density at radius 2 is 1.81 bits per heavy atom. The molecule has 3 nitrogen and oxygen atoms in total. The summed E-state index contributed by atoms with van der Waals surface area (Å²) >= 11 is 0. The first-order chi connectivity index (χ1) is 7.70. The van der Waals surface area contributed by atoms with Crippen molar-refractivity contribution in [1.29, 1.82) is 0 Å². The molecular weight excluding hydrogens is 200 g/mol. The normalized spacial score (nSPS) is 33.9. The molecular formula is C13H26N2O. The second-order valence-electron chi connectivity index (χ2n) is 5.65. The Labute approximate surface area is 99.2 Å². The Hall–Kier alpha value is -0.120. The summed E-state index contributed by atoms with van der Waals surface area (Å²) in [5, 5.41) is 13.0. The van der Waals surface area contributed by atoms with Gasteiger partial charge in [0.05, 0.1) is 6.61 Å². The number of piperidine rings is 1. The van der Waals surface area contributed by atoms with E-state index < -0.39 is 0 Å². The molecule has 94 valence electrons. The third-order valence-corrected chi connectivity index (χ3v) is 4.08. The predicted molar refractivity (Wildman–Crippen MR) is 66.5 cm³/mol. The standard InChI is InChI=1S/C13H26N2O/c1-10-4-3-5-11(2)15(10)8-13(9-16)14-12-6-7-12/h10-14,16H,3-9H2,1-2H3. The molecule has 1 aliphatic carbocycles. The van der Waals surface area contributed by atoms with Gasteiger partial charge in [-0.25, -0.2) is 0 Å². The molecule has 1 saturated heterocycles. The van der Waals surface area contributed by atoms with Gasteiger partial charge in [-0.3, -0.25) is 4.90 Å². The van der Waals surface area contributed by atoms with E-state index in [-0.39, 0.29) is 12.6 Å². The molecule has 2 N–H and O–H groups in total. The molecule has 2 aliphatic rings. The van der Waals surface area contributed by atoms with Gasteiger partial charge < -0.3 is 10.4 Å². The van der Waals surface area contributed by atoms with E-state index in [0.717, 1.165) is 6.54 Å². The van der Waals surface area contributed by atoms with Gasteiger partial charge in [0.2, 0.25) is 0 Å². The van der Waals surface area contributed by atoms with E-state index >= 15 is 0 Å². The molecule has 3 unspecified atom stereocenters. The van der Waals surface area contributed by atoms with Crippen molar-refractivity contribution in [3.05, 3.63) is 0 Å². The monoisotopic (exact) mass is 226 g/mol. The van der Waals surface area contributed by atoms with Crippen molar-refractivity contribution >= 4 is 0 Å². The Morgan fingerprint density at radius 1 is 1.19 bits per heavy atom. The van der Waals surface area contributed by atoms with Gasteiger partial charge in [0.25, 0.3) is 0 Å². The summed E-state index contributed by atoms with van der Waals surface area (Å²) < 4.78 is 0. The Balaban J connectivity index is 1.83. The number of hydrogen-bond donors (Lipinski definition) is 2. The van der Waals surface area contributed by atoms with Crippen LogP contribution < -0.4 is 5.32 Å². The maximum atomic E-state index is 9.42. The average Bonchev–Trinajstić information content (AvgIpc) is 3.06. The molecule has 1 aliphatic heterocycles. The zero-order valence-electron chi connectivity index (χ0n) is 10.7. The fraction of sp³-hybridized carbons (Fsp3) is 1.00. The van der Waals surface area contributed by atoms with Gasteiger partial charge in [-0.2, -0.15) is 0 Å². The van der Waals surface area contributed by atoms with Crippen molar-refractivity contribution in [2.45, 2.75) is 70.1 Å². The van der Waals surface area contributed by atoms with Gasteiger partial charge in [-0.1, -0.05) is 6.42 Å². The SMILES string of the molecule is CC1CCCC(C)N1CC(CO)NC1CC1. The molecule has 0 amide bonds. The molecule has 3 heteroatoms. The average molecular weight is 226 g/mol. The van der Waals surface area contributed by atoms with Crippen molar-refractivity contribution < 1.29 is 5.11 Å². The van der Waals surface area contributed by atoms with E-state index in [1.807, 2.05) is 0 Å².